The van der Waals surface area contributed by atoms with Crippen LogP contribution in [0.2, 0.25) is 0 Å². The highest BCUT2D eigenvalue weighted by Crippen LogP contribution is 2.34. The summed E-state index contributed by atoms with van der Waals surface area (Å²) in [6.45, 7) is 3.55. The van der Waals surface area contributed by atoms with Crippen molar-refractivity contribution in [1.29, 1.82) is 0 Å². The lowest BCUT2D eigenvalue weighted by Gasteiger charge is -2.32. The maximum atomic E-state index is 12.5. The largest absolute Gasteiger partial charge is 0.479 e. The number of carbonyl (C=O) groups excluding carboxylic acids is 2. The normalized spacial score (nSPS) is 16.4. The molecule has 24 heavy (non-hydrogen) atoms. The molecule has 0 spiro atoms. The van der Waals surface area contributed by atoms with E-state index in [0.29, 0.717) is 17.1 Å². The average molecular weight is 389 g/mol. The molecule has 1 aliphatic rings. The summed E-state index contributed by atoms with van der Waals surface area (Å²) in [7, 11) is 0. The Morgan fingerprint density at radius 2 is 2.04 bits per heavy atom. The lowest BCUT2D eigenvalue weighted by Crippen LogP contribution is -2.47. The van der Waals surface area contributed by atoms with E-state index in [1.165, 1.54) is 4.90 Å². The van der Waals surface area contributed by atoms with Gasteiger partial charge in [0.1, 0.15) is 12.3 Å². The van der Waals surface area contributed by atoms with Gasteiger partial charge in [-0.15, -0.1) is 0 Å². The number of rotatable bonds is 3. The number of carbonyl (C=O) groups is 2. The molecule has 124 valence electrons. The number of hydrogen-bond acceptors (Lipinski definition) is 3. The highest BCUT2D eigenvalue weighted by molar-refractivity contribution is 9.10. The molecule has 0 saturated carbocycles. The molecule has 3 rings (SSSR count). The van der Waals surface area contributed by atoms with Gasteiger partial charge >= 0.3 is 0 Å². The Labute approximate surface area is 148 Å². The fraction of sp³-hybridized carbons (Fsp3) is 0.222. The first kappa shape index (κ1) is 16.5. The molecule has 2 amide bonds. The molecular weight excluding hydrogens is 372 g/mol. The van der Waals surface area contributed by atoms with Gasteiger partial charge in [0, 0.05) is 4.47 Å². The molecular formula is C18H17BrN2O3. The van der Waals surface area contributed by atoms with Crippen LogP contribution in [0.1, 0.15) is 12.5 Å². The average Bonchev–Trinajstić information content (AvgIpc) is 2.55. The minimum absolute atomic E-state index is 0.0652. The smallest absolute Gasteiger partial charge is 0.268 e. The number of fused-ring (bicyclic) bond motifs is 1. The van der Waals surface area contributed by atoms with E-state index < -0.39 is 6.10 Å². The van der Waals surface area contributed by atoms with Gasteiger partial charge < -0.3 is 10.1 Å². The number of nitrogens with zero attached hydrogens (tertiary/aromatic N) is 1. The van der Waals surface area contributed by atoms with Crippen molar-refractivity contribution in [2.24, 2.45) is 0 Å². The molecule has 1 heterocycles. The van der Waals surface area contributed by atoms with Crippen LogP contribution in [0.25, 0.3) is 0 Å². The van der Waals surface area contributed by atoms with Crippen molar-refractivity contribution in [3.05, 3.63) is 52.5 Å². The maximum absolute atomic E-state index is 12.5. The molecule has 5 nitrogen and oxygen atoms in total. The first-order valence-corrected chi connectivity index (χ1v) is 8.38. The SMILES string of the molecule is Cc1ccc2c(c1)N(CC(=O)Nc1ccccc1Br)C(=O)C(C)O2. The standard InChI is InChI=1S/C18H17BrN2O3/c1-11-7-8-16-15(9-11)21(18(23)12(2)24-16)10-17(22)20-14-6-4-3-5-13(14)19/h3-9,12H,10H2,1-2H3,(H,20,22). The van der Waals surface area contributed by atoms with Gasteiger partial charge in [0.15, 0.2) is 6.10 Å². The topological polar surface area (TPSA) is 58.6 Å². The molecule has 0 bridgehead atoms. The van der Waals surface area contributed by atoms with E-state index >= 15 is 0 Å². The lowest BCUT2D eigenvalue weighted by atomic mass is 10.1. The van der Waals surface area contributed by atoms with E-state index in [-0.39, 0.29) is 18.4 Å². The Bertz CT molecular complexity index is 807. The van der Waals surface area contributed by atoms with Gasteiger partial charge in [-0.05, 0) is 59.6 Å². The fourth-order valence-corrected chi connectivity index (χ4v) is 2.96. The minimum Gasteiger partial charge on any atom is -0.479 e. The van der Waals surface area contributed by atoms with Gasteiger partial charge in [0.05, 0.1) is 11.4 Å². The predicted molar refractivity (Wildman–Crippen MR) is 96.4 cm³/mol. The number of hydrogen-bond donors (Lipinski definition) is 1. The minimum atomic E-state index is -0.614. The number of aryl methyl sites for hydroxylation is 1. The number of benzene rings is 2. The summed E-state index contributed by atoms with van der Waals surface area (Å²) < 4.78 is 6.41. The van der Waals surface area contributed by atoms with Crippen LogP contribution in [0.3, 0.4) is 0 Å². The fourth-order valence-electron chi connectivity index (χ4n) is 2.58. The number of anilines is 2. The monoisotopic (exact) mass is 388 g/mol. The van der Waals surface area contributed by atoms with Crippen LogP contribution < -0.4 is 15.0 Å². The Morgan fingerprint density at radius 3 is 2.79 bits per heavy atom. The second kappa shape index (κ2) is 6.65. The third-order valence-electron chi connectivity index (χ3n) is 3.77. The molecule has 1 unspecified atom stereocenters. The van der Waals surface area contributed by atoms with Crippen LogP contribution in [-0.4, -0.2) is 24.5 Å². The summed E-state index contributed by atoms with van der Waals surface area (Å²) in [5.41, 5.74) is 2.29. The summed E-state index contributed by atoms with van der Waals surface area (Å²) >= 11 is 3.39. The molecule has 1 aliphatic heterocycles. The summed E-state index contributed by atoms with van der Waals surface area (Å²) in [5.74, 6) is 0.119. The van der Waals surface area contributed by atoms with Gasteiger partial charge in [0.2, 0.25) is 5.91 Å². The third kappa shape index (κ3) is 3.28. The Kier molecular flexibility index (Phi) is 4.57. The van der Waals surface area contributed by atoms with Crippen molar-refractivity contribution in [3.63, 3.8) is 0 Å². The highest BCUT2D eigenvalue weighted by Gasteiger charge is 2.32. The van der Waals surface area contributed by atoms with E-state index in [0.717, 1.165) is 10.0 Å². The van der Waals surface area contributed by atoms with Crippen LogP contribution in [0.5, 0.6) is 5.75 Å². The van der Waals surface area contributed by atoms with Crippen LogP contribution in [0.4, 0.5) is 11.4 Å². The molecule has 1 atom stereocenters. The van der Waals surface area contributed by atoms with Crippen LogP contribution in [0, 0.1) is 6.92 Å². The Balaban J connectivity index is 1.83. The van der Waals surface area contributed by atoms with Crippen molar-refractivity contribution in [2.45, 2.75) is 20.0 Å². The van der Waals surface area contributed by atoms with Crippen LogP contribution in [-0.2, 0) is 9.59 Å². The highest BCUT2D eigenvalue weighted by atomic mass is 79.9. The Morgan fingerprint density at radius 1 is 1.29 bits per heavy atom. The van der Waals surface area contributed by atoms with Crippen molar-refractivity contribution < 1.29 is 14.3 Å². The number of halogens is 1. The van der Waals surface area contributed by atoms with E-state index in [2.05, 4.69) is 21.2 Å². The quantitative estimate of drug-likeness (QED) is 0.874. The van der Waals surface area contributed by atoms with Crippen molar-refractivity contribution in [3.8, 4) is 5.75 Å². The zero-order valence-electron chi connectivity index (χ0n) is 13.4. The molecule has 0 aliphatic carbocycles. The molecule has 6 heteroatoms. The van der Waals surface area contributed by atoms with Gasteiger partial charge in [-0.3, -0.25) is 14.5 Å². The zero-order chi connectivity index (χ0) is 17.3. The summed E-state index contributed by atoms with van der Waals surface area (Å²) in [6, 6.07) is 12.9. The predicted octanol–water partition coefficient (Wildman–Crippen LogP) is 3.51. The number of amides is 2. The molecule has 1 N–H and O–H groups in total. The number of ether oxygens (including phenoxy) is 1. The number of nitrogens with one attached hydrogen (secondary N) is 1. The molecule has 0 saturated heterocycles. The van der Waals surface area contributed by atoms with Crippen molar-refractivity contribution in [2.75, 3.05) is 16.8 Å². The lowest BCUT2D eigenvalue weighted by molar-refractivity contribution is -0.127. The van der Waals surface area contributed by atoms with E-state index in [9.17, 15) is 9.59 Å². The molecule has 0 aromatic heterocycles. The van der Waals surface area contributed by atoms with Crippen LogP contribution in [0.15, 0.2) is 46.9 Å². The molecule has 0 fully saturated rings. The van der Waals surface area contributed by atoms with Gasteiger partial charge in [-0.2, -0.15) is 0 Å². The first-order valence-electron chi connectivity index (χ1n) is 7.59. The molecule has 2 aromatic rings. The molecule has 0 radical (unpaired) electrons. The summed E-state index contributed by atoms with van der Waals surface area (Å²) in [5, 5.41) is 2.82. The Hall–Kier alpha value is -2.34. The first-order chi connectivity index (χ1) is 11.5. The van der Waals surface area contributed by atoms with Crippen molar-refractivity contribution >= 4 is 39.1 Å². The second-order valence-electron chi connectivity index (χ2n) is 5.68. The summed E-state index contributed by atoms with van der Waals surface area (Å²) in [4.78, 5) is 26.4. The van der Waals surface area contributed by atoms with E-state index in [1.54, 1.807) is 13.0 Å². The van der Waals surface area contributed by atoms with Gasteiger partial charge in [0.25, 0.3) is 5.91 Å². The summed E-state index contributed by atoms with van der Waals surface area (Å²) in [6.07, 6.45) is -0.614. The molecule has 2 aromatic carbocycles. The zero-order valence-corrected chi connectivity index (χ0v) is 15.0. The van der Waals surface area contributed by atoms with E-state index in [4.69, 9.17) is 4.74 Å². The van der Waals surface area contributed by atoms with Gasteiger partial charge in [-0.1, -0.05) is 18.2 Å². The van der Waals surface area contributed by atoms with Crippen LogP contribution >= 0.6 is 15.9 Å². The van der Waals surface area contributed by atoms with E-state index in [1.807, 2.05) is 43.3 Å². The maximum Gasteiger partial charge on any atom is 0.268 e. The van der Waals surface area contributed by atoms with Gasteiger partial charge in [-0.25, -0.2) is 0 Å². The second-order valence-corrected chi connectivity index (χ2v) is 6.54. The van der Waals surface area contributed by atoms with Crippen molar-refractivity contribution in [1.82, 2.24) is 0 Å². The third-order valence-corrected chi connectivity index (χ3v) is 4.46. The number of para-hydroxylation sites is 1.